The van der Waals surface area contributed by atoms with Crippen LogP contribution in [0.1, 0.15) is 0 Å². The summed E-state index contributed by atoms with van der Waals surface area (Å²) < 4.78 is 0. The Kier molecular flexibility index (Phi) is 67600. The predicted molar refractivity (Wildman–Crippen MR) is 8.62 cm³/mol. The third-order valence-electron chi connectivity index (χ3n) is 0. The van der Waals surface area contributed by atoms with Gasteiger partial charge in [0.05, 0.1) is 0 Å². The van der Waals surface area contributed by atoms with Gasteiger partial charge in [0.15, 0.2) is 0 Å². The number of halogens is 3. The molecular formula is H4F3LiO. The second-order valence-electron chi connectivity index (χ2n) is 0. The molecular weight excluding hydrogens is 79.9 g/mol. The van der Waals surface area contributed by atoms with Crippen molar-refractivity contribution in [2.24, 2.45) is 0 Å². The van der Waals surface area contributed by atoms with Crippen molar-refractivity contribution in [3.05, 3.63) is 0 Å². The molecule has 2 N–H and O–H groups in total. The normalized spacial score (nSPS) is 0. The molecule has 1 nitrogen and oxygen atoms in total. The first-order valence-electron chi connectivity index (χ1n) is 0. The molecule has 5 heavy (non-hydrogen) atoms. The van der Waals surface area contributed by atoms with Crippen LogP contribution in [0.3, 0.4) is 0 Å². The SMILES string of the molecule is F.F.O.[F-].[Li+]. The van der Waals surface area contributed by atoms with Crippen molar-refractivity contribution in [2.75, 3.05) is 0 Å². The van der Waals surface area contributed by atoms with Gasteiger partial charge in [-0.25, -0.2) is 0 Å². The molecule has 0 saturated heterocycles. The molecule has 0 fully saturated rings. The van der Waals surface area contributed by atoms with Crippen molar-refractivity contribution >= 4 is 0 Å². The van der Waals surface area contributed by atoms with E-state index in [4.69, 9.17) is 0 Å². The molecule has 0 aromatic heterocycles. The number of rotatable bonds is 0. The summed E-state index contributed by atoms with van der Waals surface area (Å²) >= 11 is 0. The van der Waals surface area contributed by atoms with E-state index in [1.54, 1.807) is 0 Å². The first-order valence-corrected chi connectivity index (χ1v) is 0. The molecule has 0 amide bonds. The van der Waals surface area contributed by atoms with E-state index in [1.165, 1.54) is 0 Å². The fourth-order valence-corrected chi connectivity index (χ4v) is 0. The van der Waals surface area contributed by atoms with E-state index < -0.39 is 0 Å². The fraction of sp³-hybridized carbons (Fsp3) is 0. The van der Waals surface area contributed by atoms with Crippen LogP contribution in [-0.4, -0.2) is 5.48 Å². The van der Waals surface area contributed by atoms with Gasteiger partial charge in [-0.3, -0.25) is 9.41 Å². The van der Waals surface area contributed by atoms with Gasteiger partial charge in [0.25, 0.3) is 0 Å². The van der Waals surface area contributed by atoms with Crippen LogP contribution in [0.5, 0.6) is 0 Å². The monoisotopic (exact) mass is 84.0 g/mol. The molecule has 0 aliphatic carbocycles. The molecule has 0 spiro atoms. The molecule has 0 heterocycles. The van der Waals surface area contributed by atoms with Crippen molar-refractivity contribution in [3.63, 3.8) is 0 Å². The summed E-state index contributed by atoms with van der Waals surface area (Å²) in [5.74, 6) is 0. The van der Waals surface area contributed by atoms with E-state index in [-0.39, 0.29) is 38.4 Å². The van der Waals surface area contributed by atoms with Crippen LogP contribution in [0.4, 0.5) is 9.41 Å². The zero-order valence-corrected chi connectivity index (χ0v) is 2.69. The van der Waals surface area contributed by atoms with E-state index >= 15 is 0 Å². The van der Waals surface area contributed by atoms with Crippen LogP contribution in [0.2, 0.25) is 0 Å². The molecule has 32 valence electrons. The Bertz CT molecular complexity index is 6.85. The Labute approximate surface area is 39.3 Å². The third-order valence-corrected chi connectivity index (χ3v) is 0. The average Bonchev–Trinajstić information content (AvgIpc) is 0. The molecule has 0 aromatic carbocycles. The van der Waals surface area contributed by atoms with Crippen molar-refractivity contribution in [3.8, 4) is 0 Å². The van der Waals surface area contributed by atoms with Crippen molar-refractivity contribution in [1.29, 1.82) is 0 Å². The molecule has 0 unspecified atom stereocenters. The van der Waals surface area contributed by atoms with Gasteiger partial charge in [0.1, 0.15) is 0 Å². The van der Waals surface area contributed by atoms with Crippen molar-refractivity contribution in [2.45, 2.75) is 0 Å². The maximum absolute atomic E-state index is 0. The van der Waals surface area contributed by atoms with Gasteiger partial charge in [-0.15, -0.1) is 0 Å². The molecule has 0 saturated carbocycles. The summed E-state index contributed by atoms with van der Waals surface area (Å²) in [6.45, 7) is 0. The van der Waals surface area contributed by atoms with E-state index in [0.717, 1.165) is 0 Å². The Hall–Kier alpha value is 0.347. The summed E-state index contributed by atoms with van der Waals surface area (Å²) in [5.41, 5.74) is 0. The van der Waals surface area contributed by atoms with Crippen LogP contribution in [0.15, 0.2) is 0 Å². The smallest absolute Gasteiger partial charge is 1.00 e. The van der Waals surface area contributed by atoms with Gasteiger partial charge in [0.2, 0.25) is 0 Å². The Morgan fingerprint density at radius 3 is 0.800 bits per heavy atom. The summed E-state index contributed by atoms with van der Waals surface area (Å²) in [6.07, 6.45) is 0. The zero-order valence-electron chi connectivity index (χ0n) is 2.69. The number of hydrogen-bond acceptors (Lipinski definition) is 0. The van der Waals surface area contributed by atoms with Crippen LogP contribution in [0.25, 0.3) is 0 Å². The Balaban J connectivity index is 0. The van der Waals surface area contributed by atoms with E-state index in [9.17, 15) is 0 Å². The van der Waals surface area contributed by atoms with Gasteiger partial charge in [-0.1, -0.05) is 0 Å². The summed E-state index contributed by atoms with van der Waals surface area (Å²) in [6, 6.07) is 0. The summed E-state index contributed by atoms with van der Waals surface area (Å²) in [5, 5.41) is 0. The minimum atomic E-state index is 0. The van der Waals surface area contributed by atoms with Crippen LogP contribution >= 0.6 is 0 Å². The van der Waals surface area contributed by atoms with E-state index in [0.29, 0.717) is 0 Å². The van der Waals surface area contributed by atoms with Gasteiger partial charge in [-0.05, 0) is 0 Å². The van der Waals surface area contributed by atoms with E-state index in [1.807, 2.05) is 0 Å². The first-order chi connectivity index (χ1) is 0. The largest absolute Gasteiger partial charge is 1.00 e. The quantitative estimate of drug-likeness (QED) is 0.261. The number of hydrogen-bond donors (Lipinski definition) is 0. The minimum absolute atomic E-state index is 0. The van der Waals surface area contributed by atoms with Gasteiger partial charge in [-0.2, -0.15) is 0 Å². The van der Waals surface area contributed by atoms with E-state index in [2.05, 4.69) is 0 Å². The standard InChI is InChI=1S/3FH.Li.H2O/h3*1H;;1H2/q;;;+1;/p-1. The summed E-state index contributed by atoms with van der Waals surface area (Å²) in [4.78, 5) is 0. The molecule has 0 aliphatic rings. The maximum atomic E-state index is 0. The van der Waals surface area contributed by atoms with Crippen LogP contribution < -0.4 is 23.6 Å². The average molecular weight is 84.0 g/mol. The van der Waals surface area contributed by atoms with Crippen LogP contribution in [-0.2, 0) is 0 Å². The molecule has 0 rings (SSSR count). The molecule has 0 atom stereocenters. The topological polar surface area (TPSA) is 31.5 Å². The molecule has 0 bridgehead atoms. The fourth-order valence-electron chi connectivity index (χ4n) is 0. The van der Waals surface area contributed by atoms with Crippen molar-refractivity contribution < 1.29 is 38.4 Å². The second kappa shape index (κ2) is 404. The Morgan fingerprint density at radius 1 is 0.800 bits per heavy atom. The molecule has 5 heteroatoms. The maximum Gasteiger partial charge on any atom is 1.00 e. The predicted octanol–water partition coefficient (Wildman–Crippen LogP) is -6.51. The molecule has 0 aliphatic heterocycles. The third kappa shape index (κ3) is 198. The molecule has 0 aromatic rings. The minimum Gasteiger partial charge on any atom is -1.00 e. The summed E-state index contributed by atoms with van der Waals surface area (Å²) in [7, 11) is 0. The molecule has 0 radical (unpaired) electrons. The van der Waals surface area contributed by atoms with Crippen molar-refractivity contribution in [1.82, 2.24) is 0 Å². The Morgan fingerprint density at radius 2 is 0.800 bits per heavy atom. The van der Waals surface area contributed by atoms with Gasteiger partial charge < -0.3 is 10.2 Å². The second-order valence-corrected chi connectivity index (χ2v) is 0. The van der Waals surface area contributed by atoms with Crippen LogP contribution in [0, 0.1) is 0 Å². The van der Waals surface area contributed by atoms with Gasteiger partial charge >= 0.3 is 18.9 Å². The first kappa shape index (κ1) is 837. The van der Waals surface area contributed by atoms with Gasteiger partial charge in [0, 0.05) is 0 Å². The zero-order chi connectivity index (χ0) is 0.